The Morgan fingerprint density at radius 2 is 2.00 bits per heavy atom. The monoisotopic (exact) mass is 266 g/mol. The van der Waals surface area contributed by atoms with Crippen molar-refractivity contribution in [1.82, 2.24) is 10.2 Å². The predicted octanol–water partition coefficient (Wildman–Crippen LogP) is 3.60. The third-order valence-electron chi connectivity index (χ3n) is 3.55. The van der Waals surface area contributed by atoms with E-state index in [1.807, 2.05) is 13.1 Å². The highest BCUT2D eigenvalue weighted by Crippen LogP contribution is 2.18. The van der Waals surface area contributed by atoms with Crippen LogP contribution in [0.5, 0.6) is 0 Å². The second-order valence-electron chi connectivity index (χ2n) is 5.31. The quantitative estimate of drug-likeness (QED) is 0.773. The van der Waals surface area contributed by atoms with Crippen molar-refractivity contribution in [2.24, 2.45) is 0 Å². The highest BCUT2D eigenvalue weighted by atomic mass is 19.1. The standard InChI is InChI=1S/C16H27FN2/c1-5-10-19(13(2)3)11-9-16(18-4)14-7-6-8-15(17)12-14/h6-8,12-13,16,18H,5,9-11H2,1-4H3. The van der Waals surface area contributed by atoms with E-state index in [0.29, 0.717) is 6.04 Å². The first-order valence-electron chi connectivity index (χ1n) is 7.25. The summed E-state index contributed by atoms with van der Waals surface area (Å²) in [7, 11) is 1.94. The van der Waals surface area contributed by atoms with E-state index in [2.05, 4.69) is 31.0 Å². The van der Waals surface area contributed by atoms with Gasteiger partial charge < -0.3 is 10.2 Å². The Labute approximate surface area is 117 Å². The van der Waals surface area contributed by atoms with Crippen molar-refractivity contribution in [2.45, 2.75) is 45.7 Å². The Morgan fingerprint density at radius 3 is 2.53 bits per heavy atom. The Hall–Kier alpha value is -0.930. The van der Waals surface area contributed by atoms with Crippen molar-refractivity contribution in [2.75, 3.05) is 20.1 Å². The van der Waals surface area contributed by atoms with E-state index in [9.17, 15) is 4.39 Å². The fourth-order valence-electron chi connectivity index (χ4n) is 2.41. The molecule has 1 atom stereocenters. The van der Waals surface area contributed by atoms with Crippen LogP contribution in [0.25, 0.3) is 0 Å². The number of hydrogen-bond donors (Lipinski definition) is 1. The zero-order chi connectivity index (χ0) is 14.3. The smallest absolute Gasteiger partial charge is 0.123 e. The minimum atomic E-state index is -0.160. The highest BCUT2D eigenvalue weighted by Gasteiger charge is 2.14. The van der Waals surface area contributed by atoms with Crippen LogP contribution in [0.3, 0.4) is 0 Å². The summed E-state index contributed by atoms with van der Waals surface area (Å²) in [6.45, 7) is 8.82. The molecule has 1 aromatic rings. The van der Waals surface area contributed by atoms with Crippen LogP contribution in [0.1, 0.15) is 45.2 Å². The molecule has 1 rings (SSSR count). The molecule has 0 spiro atoms. The van der Waals surface area contributed by atoms with Crippen LogP contribution in [0, 0.1) is 5.82 Å². The van der Waals surface area contributed by atoms with Crippen LogP contribution in [-0.2, 0) is 0 Å². The van der Waals surface area contributed by atoms with E-state index in [4.69, 9.17) is 0 Å². The first-order chi connectivity index (χ1) is 9.08. The molecule has 0 aliphatic carbocycles. The minimum absolute atomic E-state index is 0.160. The summed E-state index contributed by atoms with van der Waals surface area (Å²) in [5, 5.41) is 3.29. The van der Waals surface area contributed by atoms with Gasteiger partial charge in [-0.3, -0.25) is 0 Å². The lowest BCUT2D eigenvalue weighted by Crippen LogP contribution is -2.34. The molecule has 1 unspecified atom stereocenters. The molecule has 0 amide bonds. The average molecular weight is 266 g/mol. The van der Waals surface area contributed by atoms with Gasteiger partial charge in [-0.15, -0.1) is 0 Å². The molecule has 0 bridgehead atoms. The molecule has 0 radical (unpaired) electrons. The van der Waals surface area contributed by atoms with Crippen molar-refractivity contribution >= 4 is 0 Å². The van der Waals surface area contributed by atoms with Crippen LogP contribution in [0.4, 0.5) is 4.39 Å². The topological polar surface area (TPSA) is 15.3 Å². The van der Waals surface area contributed by atoms with Crippen molar-refractivity contribution in [3.8, 4) is 0 Å². The van der Waals surface area contributed by atoms with Gasteiger partial charge in [0.25, 0.3) is 0 Å². The van der Waals surface area contributed by atoms with E-state index in [1.165, 1.54) is 12.5 Å². The average Bonchev–Trinajstić information content (AvgIpc) is 2.38. The molecule has 108 valence electrons. The largest absolute Gasteiger partial charge is 0.313 e. The Morgan fingerprint density at radius 1 is 1.26 bits per heavy atom. The molecule has 0 fully saturated rings. The molecule has 1 aromatic carbocycles. The normalized spacial score (nSPS) is 13.2. The molecule has 1 N–H and O–H groups in total. The maximum atomic E-state index is 13.3. The molecule has 19 heavy (non-hydrogen) atoms. The van der Waals surface area contributed by atoms with E-state index in [1.54, 1.807) is 12.1 Å². The van der Waals surface area contributed by atoms with Gasteiger partial charge >= 0.3 is 0 Å². The van der Waals surface area contributed by atoms with Crippen LogP contribution < -0.4 is 5.32 Å². The summed E-state index contributed by atoms with van der Waals surface area (Å²) in [5.41, 5.74) is 1.03. The summed E-state index contributed by atoms with van der Waals surface area (Å²) >= 11 is 0. The molecule has 0 heterocycles. The van der Waals surface area contributed by atoms with Crippen LogP contribution in [0.15, 0.2) is 24.3 Å². The van der Waals surface area contributed by atoms with Gasteiger partial charge in [0.2, 0.25) is 0 Å². The first-order valence-corrected chi connectivity index (χ1v) is 7.25. The Bertz CT molecular complexity index is 366. The fraction of sp³-hybridized carbons (Fsp3) is 0.625. The summed E-state index contributed by atoms with van der Waals surface area (Å²) < 4.78 is 13.3. The van der Waals surface area contributed by atoms with Crippen LogP contribution in [-0.4, -0.2) is 31.1 Å². The first kappa shape index (κ1) is 16.1. The zero-order valence-electron chi connectivity index (χ0n) is 12.6. The molecule has 0 aliphatic heterocycles. The summed E-state index contributed by atoms with van der Waals surface area (Å²) in [6, 6.07) is 7.67. The summed E-state index contributed by atoms with van der Waals surface area (Å²) in [5.74, 6) is -0.160. The molecule has 3 heteroatoms. The lowest BCUT2D eigenvalue weighted by atomic mass is 10.0. The summed E-state index contributed by atoms with van der Waals surface area (Å²) in [6.07, 6.45) is 2.17. The fourth-order valence-corrected chi connectivity index (χ4v) is 2.41. The predicted molar refractivity (Wildman–Crippen MR) is 79.8 cm³/mol. The number of hydrogen-bond acceptors (Lipinski definition) is 2. The van der Waals surface area contributed by atoms with Crippen molar-refractivity contribution in [3.63, 3.8) is 0 Å². The zero-order valence-corrected chi connectivity index (χ0v) is 12.6. The van der Waals surface area contributed by atoms with E-state index >= 15 is 0 Å². The maximum Gasteiger partial charge on any atom is 0.123 e. The molecule has 0 aliphatic rings. The van der Waals surface area contributed by atoms with E-state index in [-0.39, 0.29) is 11.9 Å². The molecular weight excluding hydrogens is 239 g/mol. The Kier molecular flexibility index (Phi) is 7.03. The van der Waals surface area contributed by atoms with E-state index < -0.39 is 0 Å². The van der Waals surface area contributed by atoms with Crippen molar-refractivity contribution < 1.29 is 4.39 Å². The number of benzene rings is 1. The van der Waals surface area contributed by atoms with Gasteiger partial charge in [0.1, 0.15) is 5.82 Å². The number of nitrogens with one attached hydrogen (secondary N) is 1. The van der Waals surface area contributed by atoms with Gasteiger partial charge in [0.15, 0.2) is 0 Å². The SMILES string of the molecule is CCCN(CCC(NC)c1cccc(F)c1)C(C)C. The lowest BCUT2D eigenvalue weighted by Gasteiger charge is -2.28. The Balaban J connectivity index is 2.61. The molecular formula is C16H27FN2. The van der Waals surface area contributed by atoms with Gasteiger partial charge in [-0.05, 0) is 58.0 Å². The molecule has 0 saturated heterocycles. The third-order valence-corrected chi connectivity index (χ3v) is 3.55. The molecule has 2 nitrogen and oxygen atoms in total. The number of nitrogens with zero attached hydrogens (tertiary/aromatic N) is 1. The second kappa shape index (κ2) is 8.28. The van der Waals surface area contributed by atoms with Gasteiger partial charge in [0, 0.05) is 18.6 Å². The third kappa shape index (κ3) is 5.29. The van der Waals surface area contributed by atoms with E-state index in [0.717, 1.165) is 25.1 Å². The van der Waals surface area contributed by atoms with Gasteiger partial charge in [-0.25, -0.2) is 4.39 Å². The number of halogens is 1. The highest BCUT2D eigenvalue weighted by molar-refractivity contribution is 5.20. The maximum absolute atomic E-state index is 13.3. The van der Waals surface area contributed by atoms with Crippen LogP contribution in [0.2, 0.25) is 0 Å². The van der Waals surface area contributed by atoms with Crippen LogP contribution >= 0.6 is 0 Å². The van der Waals surface area contributed by atoms with Gasteiger partial charge in [-0.2, -0.15) is 0 Å². The molecule has 0 saturated carbocycles. The van der Waals surface area contributed by atoms with Crippen molar-refractivity contribution in [1.29, 1.82) is 0 Å². The number of rotatable bonds is 8. The molecule has 0 aromatic heterocycles. The van der Waals surface area contributed by atoms with Crippen molar-refractivity contribution in [3.05, 3.63) is 35.6 Å². The summed E-state index contributed by atoms with van der Waals surface area (Å²) in [4.78, 5) is 2.48. The second-order valence-corrected chi connectivity index (χ2v) is 5.31. The minimum Gasteiger partial charge on any atom is -0.313 e. The lowest BCUT2D eigenvalue weighted by molar-refractivity contribution is 0.211. The van der Waals surface area contributed by atoms with Gasteiger partial charge in [-0.1, -0.05) is 19.1 Å². The van der Waals surface area contributed by atoms with Gasteiger partial charge in [0.05, 0.1) is 0 Å².